The highest BCUT2D eigenvalue weighted by atomic mass is 32.2. The number of rotatable bonds is 7. The third-order valence-electron chi connectivity index (χ3n) is 3.97. The normalized spacial score (nSPS) is 12.4. The molecule has 5 nitrogen and oxygen atoms in total. The average Bonchev–Trinajstić information content (AvgIpc) is 2.65. The first-order valence-electron chi connectivity index (χ1n) is 8.34. The molecule has 0 fully saturated rings. The lowest BCUT2D eigenvalue weighted by Crippen LogP contribution is -2.28. The van der Waals surface area contributed by atoms with Crippen molar-refractivity contribution in [1.82, 2.24) is 10.3 Å². The van der Waals surface area contributed by atoms with Gasteiger partial charge in [0.15, 0.2) is 11.5 Å². The first-order chi connectivity index (χ1) is 13.2. The number of aromatic nitrogens is 1. The maximum absolute atomic E-state index is 12.7. The highest BCUT2D eigenvalue weighted by molar-refractivity contribution is 7.99. The number of carbonyl (C=O) groups excluding carboxylic acids is 1. The van der Waals surface area contributed by atoms with Gasteiger partial charge in [0, 0.05) is 6.20 Å². The predicted octanol–water partition coefficient (Wildman–Crippen LogP) is 4.55. The smallest absolute Gasteiger partial charge is 0.398 e. The zero-order valence-electron chi connectivity index (χ0n) is 15.9. The minimum Gasteiger partial charge on any atom is -0.493 e. The molecule has 0 aliphatic rings. The molecule has 0 saturated carbocycles. The second-order valence-electron chi connectivity index (χ2n) is 6.02. The van der Waals surface area contributed by atoms with Gasteiger partial charge in [-0.15, -0.1) is 0 Å². The summed E-state index contributed by atoms with van der Waals surface area (Å²) in [5.41, 5.74) is 1.78. The van der Waals surface area contributed by atoms with Crippen molar-refractivity contribution in [1.29, 1.82) is 0 Å². The molecule has 1 N–H and O–H groups in total. The van der Waals surface area contributed by atoms with Crippen LogP contribution in [-0.4, -0.2) is 37.0 Å². The quantitative estimate of drug-likeness (QED) is 0.674. The number of hydrogen-bond donors (Lipinski definition) is 1. The van der Waals surface area contributed by atoms with Crippen LogP contribution in [0.1, 0.15) is 34.5 Å². The molecule has 9 heteroatoms. The number of benzene rings is 1. The van der Waals surface area contributed by atoms with Crippen molar-refractivity contribution >= 4 is 17.7 Å². The fourth-order valence-corrected chi connectivity index (χ4v) is 3.40. The lowest BCUT2D eigenvalue weighted by molar-refractivity contribution is -0.105. The molecule has 0 bridgehead atoms. The van der Waals surface area contributed by atoms with Gasteiger partial charge in [-0.05, 0) is 49.2 Å². The summed E-state index contributed by atoms with van der Waals surface area (Å²) in [4.78, 5) is 16.6. The zero-order chi connectivity index (χ0) is 20.9. The number of hydrogen-bond acceptors (Lipinski definition) is 5. The molecule has 1 aromatic carbocycles. The van der Waals surface area contributed by atoms with E-state index in [1.54, 1.807) is 19.1 Å². The molecule has 1 aromatic heterocycles. The van der Waals surface area contributed by atoms with E-state index in [0.29, 0.717) is 23.3 Å². The number of amides is 1. The van der Waals surface area contributed by atoms with Crippen LogP contribution in [0.15, 0.2) is 35.5 Å². The number of halogens is 3. The fraction of sp³-hybridized carbons (Fsp3) is 0.368. The summed E-state index contributed by atoms with van der Waals surface area (Å²) in [6.45, 7) is 3.65. The van der Waals surface area contributed by atoms with Crippen molar-refractivity contribution in [2.75, 3.05) is 20.0 Å². The van der Waals surface area contributed by atoms with Crippen molar-refractivity contribution in [2.24, 2.45) is 0 Å². The van der Waals surface area contributed by atoms with Gasteiger partial charge in [-0.1, -0.05) is 11.8 Å². The Morgan fingerprint density at radius 1 is 1.25 bits per heavy atom. The van der Waals surface area contributed by atoms with Crippen LogP contribution in [0.2, 0.25) is 0 Å². The van der Waals surface area contributed by atoms with Crippen molar-refractivity contribution in [3.8, 4) is 11.5 Å². The van der Waals surface area contributed by atoms with E-state index >= 15 is 0 Å². The second kappa shape index (κ2) is 9.18. The highest BCUT2D eigenvalue weighted by Crippen LogP contribution is 2.33. The van der Waals surface area contributed by atoms with Crippen LogP contribution in [0, 0.1) is 6.92 Å². The van der Waals surface area contributed by atoms with Gasteiger partial charge in [0.25, 0.3) is 5.91 Å². The molecule has 152 valence electrons. The van der Waals surface area contributed by atoms with E-state index in [2.05, 4.69) is 10.3 Å². The first-order valence-corrected chi connectivity index (χ1v) is 9.32. The third kappa shape index (κ3) is 5.54. The van der Waals surface area contributed by atoms with E-state index in [0.717, 1.165) is 11.1 Å². The van der Waals surface area contributed by atoms with E-state index in [1.807, 2.05) is 6.92 Å². The Balaban J connectivity index is 2.22. The van der Waals surface area contributed by atoms with Crippen LogP contribution in [0.3, 0.4) is 0 Å². The van der Waals surface area contributed by atoms with Crippen LogP contribution in [0.25, 0.3) is 0 Å². The van der Waals surface area contributed by atoms with Crippen molar-refractivity contribution in [3.05, 3.63) is 47.2 Å². The Bertz CT molecular complexity index is 844. The molecule has 0 radical (unpaired) electrons. The standard InChI is InChI=1S/C19H21F3N2O3S/c1-11-8-15(26-3)16(27-4)9-14(11)12(2)24-17(25)13-6-5-7-23-18(13)28-10-19(20,21)22/h5-9,12H,10H2,1-4H3,(H,24,25)/t12-/m1/s1. The van der Waals surface area contributed by atoms with Crippen molar-refractivity contribution in [3.63, 3.8) is 0 Å². The monoisotopic (exact) mass is 414 g/mol. The molecular formula is C19H21F3N2O3S. The molecule has 0 spiro atoms. The van der Waals surface area contributed by atoms with Crippen LogP contribution in [-0.2, 0) is 0 Å². The van der Waals surface area contributed by atoms with Gasteiger partial charge in [-0.25, -0.2) is 4.98 Å². The fourth-order valence-electron chi connectivity index (χ4n) is 2.64. The zero-order valence-corrected chi connectivity index (χ0v) is 16.7. The number of aryl methyl sites for hydroxylation is 1. The van der Waals surface area contributed by atoms with Crippen LogP contribution >= 0.6 is 11.8 Å². The maximum atomic E-state index is 12.7. The summed E-state index contributed by atoms with van der Waals surface area (Å²) in [7, 11) is 3.05. The lowest BCUT2D eigenvalue weighted by Gasteiger charge is -2.19. The van der Waals surface area contributed by atoms with Gasteiger partial charge < -0.3 is 14.8 Å². The van der Waals surface area contributed by atoms with Crippen LogP contribution in [0.5, 0.6) is 11.5 Å². The van der Waals surface area contributed by atoms with Crippen LogP contribution < -0.4 is 14.8 Å². The summed E-state index contributed by atoms with van der Waals surface area (Å²) in [6.07, 6.45) is -2.99. The van der Waals surface area contributed by atoms with E-state index < -0.39 is 23.9 Å². The largest absolute Gasteiger partial charge is 0.493 e. The molecule has 0 aliphatic heterocycles. The molecule has 28 heavy (non-hydrogen) atoms. The SMILES string of the molecule is COc1cc(C)c([C@@H](C)NC(=O)c2cccnc2SCC(F)(F)F)cc1OC. The van der Waals surface area contributed by atoms with Crippen molar-refractivity contribution < 1.29 is 27.4 Å². The number of nitrogens with one attached hydrogen (secondary N) is 1. The van der Waals surface area contributed by atoms with Gasteiger partial charge in [0.1, 0.15) is 5.03 Å². The van der Waals surface area contributed by atoms with E-state index in [4.69, 9.17) is 9.47 Å². The van der Waals surface area contributed by atoms with Gasteiger partial charge in [0.2, 0.25) is 0 Å². The molecule has 2 aromatic rings. The summed E-state index contributed by atoms with van der Waals surface area (Å²) in [6, 6.07) is 6.12. The minimum atomic E-state index is -4.35. The maximum Gasteiger partial charge on any atom is 0.398 e. The van der Waals surface area contributed by atoms with E-state index in [9.17, 15) is 18.0 Å². The average molecular weight is 414 g/mol. The Morgan fingerprint density at radius 3 is 2.50 bits per heavy atom. The van der Waals surface area contributed by atoms with Crippen LogP contribution in [0.4, 0.5) is 13.2 Å². The Morgan fingerprint density at radius 2 is 1.89 bits per heavy atom. The molecule has 2 rings (SSSR count). The molecule has 0 saturated heterocycles. The molecule has 1 amide bonds. The van der Waals surface area contributed by atoms with Gasteiger partial charge in [-0.3, -0.25) is 4.79 Å². The van der Waals surface area contributed by atoms with E-state index in [1.165, 1.54) is 32.5 Å². The second-order valence-corrected chi connectivity index (χ2v) is 6.98. The summed E-state index contributed by atoms with van der Waals surface area (Å²) >= 11 is 0.486. The number of alkyl halides is 3. The predicted molar refractivity (Wildman–Crippen MR) is 101 cm³/mol. The third-order valence-corrected chi connectivity index (χ3v) is 5.05. The molecule has 0 unspecified atom stereocenters. The number of ether oxygens (including phenoxy) is 2. The number of methoxy groups -OCH3 is 2. The Kier molecular flexibility index (Phi) is 7.17. The molecule has 1 atom stereocenters. The molecular weight excluding hydrogens is 393 g/mol. The number of nitrogens with zero attached hydrogens (tertiary/aromatic N) is 1. The van der Waals surface area contributed by atoms with Gasteiger partial charge >= 0.3 is 6.18 Å². The van der Waals surface area contributed by atoms with Gasteiger partial charge in [0.05, 0.1) is 31.6 Å². The van der Waals surface area contributed by atoms with Crippen molar-refractivity contribution in [2.45, 2.75) is 31.1 Å². The minimum absolute atomic E-state index is 0.0357. The Hall–Kier alpha value is -2.42. The first kappa shape index (κ1) is 21.9. The van der Waals surface area contributed by atoms with E-state index in [-0.39, 0.29) is 10.6 Å². The summed E-state index contributed by atoms with van der Waals surface area (Å²) < 4.78 is 48.1. The molecule has 1 heterocycles. The van der Waals surface area contributed by atoms with Gasteiger partial charge in [-0.2, -0.15) is 13.2 Å². The lowest BCUT2D eigenvalue weighted by atomic mass is 10.0. The number of thioether (sulfide) groups is 1. The summed E-state index contributed by atoms with van der Waals surface area (Å²) in [5, 5.41) is 2.85. The number of pyridine rings is 1. The topological polar surface area (TPSA) is 60.5 Å². The number of carbonyl (C=O) groups is 1. The highest BCUT2D eigenvalue weighted by Gasteiger charge is 2.29. The summed E-state index contributed by atoms with van der Waals surface area (Å²) in [5.74, 6) is -0.527. The molecule has 0 aliphatic carbocycles. The Labute approximate surface area is 165 Å².